The van der Waals surface area contributed by atoms with E-state index in [1.54, 1.807) is 12.1 Å². The molecule has 0 aliphatic rings. The van der Waals surface area contributed by atoms with E-state index in [2.05, 4.69) is 20.7 Å². The lowest BCUT2D eigenvalue weighted by Gasteiger charge is -2.15. The summed E-state index contributed by atoms with van der Waals surface area (Å²) in [6, 6.07) is 4.67. The Bertz CT molecular complexity index is 603. The van der Waals surface area contributed by atoms with Crippen LogP contribution in [0.2, 0.25) is 0 Å². The van der Waals surface area contributed by atoms with Gasteiger partial charge in [-0.25, -0.2) is 13.1 Å². The van der Waals surface area contributed by atoms with E-state index in [-0.39, 0.29) is 29.5 Å². The summed E-state index contributed by atoms with van der Waals surface area (Å²) in [6.45, 7) is 1.89. The molecule has 1 aromatic carbocycles. The van der Waals surface area contributed by atoms with Crippen LogP contribution >= 0.6 is 15.9 Å². The lowest BCUT2D eigenvalue weighted by molar-refractivity contribution is -0.138. The van der Waals surface area contributed by atoms with Gasteiger partial charge in [0.15, 0.2) is 0 Å². The van der Waals surface area contributed by atoms with Gasteiger partial charge in [-0.2, -0.15) is 0 Å². The average Bonchev–Trinajstić information content (AvgIpc) is 2.43. The van der Waals surface area contributed by atoms with Crippen molar-refractivity contribution in [1.82, 2.24) is 4.72 Å². The molecule has 1 unspecified atom stereocenters. The smallest absolute Gasteiger partial charge is 0.303 e. The molecule has 21 heavy (non-hydrogen) atoms. The molecule has 0 aliphatic heterocycles. The van der Waals surface area contributed by atoms with E-state index in [1.807, 2.05) is 6.92 Å². The molecular weight excluding hydrogens is 362 g/mol. The second-order valence-electron chi connectivity index (χ2n) is 4.52. The fourth-order valence-corrected chi connectivity index (χ4v) is 3.60. The molecule has 0 amide bonds. The Morgan fingerprint density at radius 1 is 1.48 bits per heavy atom. The second-order valence-corrected chi connectivity index (χ2v) is 7.17. The summed E-state index contributed by atoms with van der Waals surface area (Å²) in [5, 5.41) is 8.78. The summed E-state index contributed by atoms with van der Waals surface area (Å²) in [7, 11) is -2.37. The number of hydrogen-bond acceptors (Lipinski definition) is 4. The Hall–Kier alpha value is -1.12. The summed E-state index contributed by atoms with van der Waals surface area (Å²) in [5.74, 6) is -0.964. The number of carboxylic acids is 1. The summed E-state index contributed by atoms with van der Waals surface area (Å²) in [4.78, 5) is 10.7. The van der Waals surface area contributed by atoms with Crippen LogP contribution in [-0.2, 0) is 14.8 Å². The maximum absolute atomic E-state index is 12.3. The number of rotatable bonds is 8. The molecule has 6 nitrogen and oxygen atoms in total. The number of carbonyl (C=O) groups is 1. The van der Waals surface area contributed by atoms with Gasteiger partial charge < -0.3 is 9.84 Å². The van der Waals surface area contributed by atoms with E-state index >= 15 is 0 Å². The average molecular weight is 380 g/mol. The van der Waals surface area contributed by atoms with Gasteiger partial charge in [0.1, 0.15) is 10.6 Å². The molecule has 0 heterocycles. The van der Waals surface area contributed by atoms with Crippen molar-refractivity contribution >= 4 is 31.9 Å². The lowest BCUT2D eigenvalue weighted by Crippen LogP contribution is -2.30. The number of carboxylic acid groups (broad SMARTS) is 1. The van der Waals surface area contributed by atoms with Crippen molar-refractivity contribution in [2.75, 3.05) is 13.7 Å². The van der Waals surface area contributed by atoms with Crippen LogP contribution in [0.4, 0.5) is 0 Å². The molecule has 118 valence electrons. The van der Waals surface area contributed by atoms with Crippen molar-refractivity contribution in [3.8, 4) is 5.75 Å². The second kappa shape index (κ2) is 7.77. The van der Waals surface area contributed by atoms with Crippen LogP contribution in [0.1, 0.15) is 19.8 Å². The van der Waals surface area contributed by atoms with Crippen LogP contribution in [0.15, 0.2) is 27.6 Å². The minimum atomic E-state index is -3.76. The van der Waals surface area contributed by atoms with E-state index in [4.69, 9.17) is 9.84 Å². The van der Waals surface area contributed by atoms with E-state index < -0.39 is 16.0 Å². The highest BCUT2D eigenvalue weighted by atomic mass is 79.9. The van der Waals surface area contributed by atoms with Gasteiger partial charge in [0.2, 0.25) is 10.0 Å². The van der Waals surface area contributed by atoms with Crippen LogP contribution in [0.25, 0.3) is 0 Å². The van der Waals surface area contributed by atoms with E-state index in [9.17, 15) is 13.2 Å². The molecule has 1 atom stereocenters. The zero-order valence-electron chi connectivity index (χ0n) is 11.8. The predicted molar refractivity (Wildman–Crippen MR) is 81.9 cm³/mol. The van der Waals surface area contributed by atoms with Crippen molar-refractivity contribution < 1.29 is 23.1 Å². The molecule has 0 fully saturated rings. The Balaban J connectivity index is 2.91. The summed E-state index contributed by atoms with van der Waals surface area (Å²) in [6.07, 6.45) is 0.499. The van der Waals surface area contributed by atoms with Gasteiger partial charge in [0.05, 0.1) is 7.11 Å². The number of halogens is 1. The third-order valence-corrected chi connectivity index (χ3v) is 4.96. The Kier molecular flexibility index (Phi) is 6.63. The zero-order chi connectivity index (χ0) is 16.0. The van der Waals surface area contributed by atoms with E-state index in [1.165, 1.54) is 13.2 Å². The topological polar surface area (TPSA) is 92.7 Å². The number of sulfonamides is 1. The highest BCUT2D eigenvalue weighted by Gasteiger charge is 2.21. The normalized spacial score (nSPS) is 12.9. The van der Waals surface area contributed by atoms with Crippen LogP contribution < -0.4 is 9.46 Å². The van der Waals surface area contributed by atoms with Gasteiger partial charge in [-0.15, -0.1) is 0 Å². The molecule has 0 aliphatic carbocycles. The molecule has 0 radical (unpaired) electrons. The van der Waals surface area contributed by atoms with Crippen molar-refractivity contribution in [1.29, 1.82) is 0 Å². The molecule has 8 heteroatoms. The van der Waals surface area contributed by atoms with Crippen LogP contribution in [0.3, 0.4) is 0 Å². The number of nitrogens with one attached hydrogen (secondary N) is 1. The largest absolute Gasteiger partial charge is 0.495 e. The first-order chi connectivity index (χ1) is 9.80. The maximum Gasteiger partial charge on any atom is 0.303 e. The SMILES string of the molecule is CCC(CNS(=O)(=O)c1cc(Br)ccc1OC)CC(=O)O. The van der Waals surface area contributed by atoms with Gasteiger partial charge in [-0.1, -0.05) is 29.3 Å². The number of aliphatic carboxylic acids is 1. The minimum Gasteiger partial charge on any atom is -0.495 e. The van der Waals surface area contributed by atoms with Crippen LogP contribution in [0, 0.1) is 5.92 Å². The number of methoxy groups -OCH3 is 1. The van der Waals surface area contributed by atoms with Gasteiger partial charge in [0, 0.05) is 17.4 Å². The fourth-order valence-electron chi connectivity index (χ4n) is 1.77. The quantitative estimate of drug-likeness (QED) is 0.722. The highest BCUT2D eigenvalue weighted by Crippen LogP contribution is 2.27. The molecule has 0 saturated heterocycles. The third kappa shape index (κ3) is 5.29. The standard InChI is InChI=1S/C13H18BrNO5S/c1-3-9(6-13(16)17)8-15-21(18,19)12-7-10(14)4-5-11(12)20-2/h4-5,7,9,15H,3,6,8H2,1-2H3,(H,16,17). The van der Waals surface area contributed by atoms with Crippen LogP contribution in [0.5, 0.6) is 5.75 Å². The zero-order valence-corrected chi connectivity index (χ0v) is 14.2. The molecule has 1 rings (SSSR count). The van der Waals surface area contributed by atoms with Crippen molar-refractivity contribution in [2.45, 2.75) is 24.7 Å². The third-order valence-electron chi connectivity index (χ3n) is 3.02. The Morgan fingerprint density at radius 3 is 2.67 bits per heavy atom. The molecule has 0 spiro atoms. The molecule has 2 N–H and O–H groups in total. The van der Waals surface area contributed by atoms with Crippen molar-refractivity contribution in [3.63, 3.8) is 0 Å². The number of benzene rings is 1. The predicted octanol–water partition coefficient (Wildman–Crippen LogP) is 2.24. The Labute approximate surface area is 132 Å². The van der Waals surface area contributed by atoms with Crippen molar-refractivity contribution in [3.05, 3.63) is 22.7 Å². The van der Waals surface area contributed by atoms with Gasteiger partial charge in [-0.3, -0.25) is 4.79 Å². The van der Waals surface area contributed by atoms with E-state index in [0.29, 0.717) is 10.9 Å². The van der Waals surface area contributed by atoms with Gasteiger partial charge in [0.25, 0.3) is 0 Å². The first-order valence-corrected chi connectivity index (χ1v) is 8.62. The van der Waals surface area contributed by atoms with Gasteiger partial charge >= 0.3 is 5.97 Å². The molecule has 0 aromatic heterocycles. The maximum atomic E-state index is 12.3. The first-order valence-electron chi connectivity index (χ1n) is 6.35. The highest BCUT2D eigenvalue weighted by molar-refractivity contribution is 9.10. The van der Waals surface area contributed by atoms with Crippen LogP contribution in [-0.4, -0.2) is 33.1 Å². The monoisotopic (exact) mass is 379 g/mol. The first kappa shape index (κ1) is 17.9. The number of hydrogen-bond donors (Lipinski definition) is 2. The van der Waals surface area contributed by atoms with E-state index in [0.717, 1.165) is 0 Å². The number of ether oxygens (including phenoxy) is 1. The van der Waals surface area contributed by atoms with Crippen molar-refractivity contribution in [2.24, 2.45) is 5.92 Å². The molecule has 1 aromatic rings. The fraction of sp³-hybridized carbons (Fsp3) is 0.462. The minimum absolute atomic E-state index is 0.0181. The summed E-state index contributed by atoms with van der Waals surface area (Å²) in [5.41, 5.74) is 0. The summed E-state index contributed by atoms with van der Waals surface area (Å²) >= 11 is 3.22. The Morgan fingerprint density at radius 2 is 2.14 bits per heavy atom. The van der Waals surface area contributed by atoms with Gasteiger partial charge in [-0.05, 0) is 24.1 Å². The molecular formula is C13H18BrNO5S. The summed E-state index contributed by atoms with van der Waals surface area (Å²) < 4.78 is 32.7. The molecule has 0 saturated carbocycles. The lowest BCUT2D eigenvalue weighted by atomic mass is 10.0. The molecule has 0 bridgehead atoms.